The number of nitrogens with zero attached hydrogens (tertiary/aromatic N) is 2. The van der Waals surface area contributed by atoms with Crippen LogP contribution in [0.25, 0.3) is 0 Å². The van der Waals surface area contributed by atoms with Gasteiger partial charge in [0.05, 0.1) is 10.6 Å². The zero-order valence-corrected chi connectivity index (χ0v) is 24.7. The molecule has 0 saturated heterocycles. The van der Waals surface area contributed by atoms with Crippen LogP contribution in [-0.4, -0.2) is 44.3 Å². The van der Waals surface area contributed by atoms with E-state index < -0.39 is 28.5 Å². The molecule has 39 heavy (non-hydrogen) atoms. The standard InChI is InChI=1S/C29H33Cl2N3O4S/c1-20(2)17-32-29(36)22(4)33(18-23-7-9-24(30)10-8-23)28(35)19-34(26-13-5-21(3)6-14-26)39(37,38)27-15-11-25(31)12-16-27/h5-16,20,22H,17-19H2,1-4H3,(H,32,36)/t22-/m0/s1. The number of carbonyl (C=O) groups excluding carboxylic acids is 2. The van der Waals surface area contributed by atoms with E-state index in [4.69, 9.17) is 23.2 Å². The number of sulfonamides is 1. The first-order valence-corrected chi connectivity index (χ1v) is 14.7. The highest BCUT2D eigenvalue weighted by Gasteiger charge is 2.32. The molecule has 3 rings (SSSR count). The Bertz CT molecular complexity index is 1380. The maximum atomic E-state index is 13.9. The van der Waals surface area contributed by atoms with E-state index in [0.29, 0.717) is 22.3 Å². The molecule has 7 nitrogen and oxygen atoms in total. The predicted octanol–water partition coefficient (Wildman–Crippen LogP) is 5.69. The number of rotatable bonds is 11. The normalized spacial score (nSPS) is 12.2. The van der Waals surface area contributed by atoms with E-state index in [1.807, 2.05) is 20.8 Å². The molecule has 0 radical (unpaired) electrons. The van der Waals surface area contributed by atoms with Crippen molar-refractivity contribution in [3.05, 3.63) is 94.0 Å². The molecule has 3 aromatic carbocycles. The number of amides is 2. The van der Waals surface area contributed by atoms with Crippen LogP contribution in [0.1, 0.15) is 31.9 Å². The highest BCUT2D eigenvalue weighted by atomic mass is 35.5. The van der Waals surface area contributed by atoms with Crippen LogP contribution in [0.5, 0.6) is 0 Å². The molecular formula is C29H33Cl2N3O4S. The molecule has 0 fully saturated rings. The Balaban J connectivity index is 2.00. The lowest BCUT2D eigenvalue weighted by atomic mass is 10.1. The minimum absolute atomic E-state index is 0.00717. The van der Waals surface area contributed by atoms with Gasteiger partial charge < -0.3 is 10.2 Å². The summed E-state index contributed by atoms with van der Waals surface area (Å²) in [4.78, 5) is 28.3. The van der Waals surface area contributed by atoms with Gasteiger partial charge in [-0.05, 0) is 73.9 Å². The molecule has 1 N–H and O–H groups in total. The van der Waals surface area contributed by atoms with Gasteiger partial charge in [-0.1, -0.05) is 66.9 Å². The summed E-state index contributed by atoms with van der Waals surface area (Å²) in [5, 5.41) is 3.80. The molecule has 0 heterocycles. The number of hydrogen-bond acceptors (Lipinski definition) is 4. The van der Waals surface area contributed by atoms with Crippen molar-refractivity contribution in [1.82, 2.24) is 10.2 Å². The monoisotopic (exact) mass is 589 g/mol. The van der Waals surface area contributed by atoms with Crippen molar-refractivity contribution in [2.45, 2.75) is 45.2 Å². The second-order valence-electron chi connectivity index (χ2n) is 9.76. The Kier molecular flexibility index (Phi) is 10.4. The Morgan fingerprint density at radius 1 is 0.846 bits per heavy atom. The first kappa shape index (κ1) is 30.5. The van der Waals surface area contributed by atoms with E-state index in [1.165, 1.54) is 29.2 Å². The summed E-state index contributed by atoms with van der Waals surface area (Å²) in [5.41, 5.74) is 2.01. The van der Waals surface area contributed by atoms with Crippen LogP contribution in [0.15, 0.2) is 77.7 Å². The smallest absolute Gasteiger partial charge is 0.264 e. The van der Waals surface area contributed by atoms with Gasteiger partial charge in [0.1, 0.15) is 12.6 Å². The van der Waals surface area contributed by atoms with Crippen LogP contribution in [-0.2, 0) is 26.2 Å². The highest BCUT2D eigenvalue weighted by Crippen LogP contribution is 2.26. The van der Waals surface area contributed by atoms with E-state index in [-0.39, 0.29) is 23.3 Å². The van der Waals surface area contributed by atoms with Gasteiger partial charge in [0.25, 0.3) is 10.0 Å². The molecule has 10 heteroatoms. The minimum atomic E-state index is -4.15. The summed E-state index contributed by atoms with van der Waals surface area (Å²) in [6, 6.07) is 18.7. The SMILES string of the molecule is Cc1ccc(N(CC(=O)N(Cc2ccc(Cl)cc2)[C@@H](C)C(=O)NCC(C)C)S(=O)(=O)c2ccc(Cl)cc2)cc1. The van der Waals surface area contributed by atoms with Crippen LogP contribution < -0.4 is 9.62 Å². The number of halogens is 2. The van der Waals surface area contributed by atoms with E-state index in [1.54, 1.807) is 55.5 Å². The van der Waals surface area contributed by atoms with Gasteiger partial charge in [0.15, 0.2) is 0 Å². The molecular weight excluding hydrogens is 557 g/mol. The van der Waals surface area contributed by atoms with Crippen LogP contribution in [0.4, 0.5) is 5.69 Å². The fourth-order valence-electron chi connectivity index (χ4n) is 3.80. The van der Waals surface area contributed by atoms with Gasteiger partial charge in [0.2, 0.25) is 11.8 Å². The summed E-state index contributed by atoms with van der Waals surface area (Å²) in [6.45, 7) is 7.50. The average molecular weight is 591 g/mol. The summed E-state index contributed by atoms with van der Waals surface area (Å²) in [7, 11) is -4.15. The number of hydrogen-bond donors (Lipinski definition) is 1. The molecule has 0 saturated carbocycles. The first-order chi connectivity index (χ1) is 18.4. The Hall–Kier alpha value is -3.07. The van der Waals surface area contributed by atoms with Crippen molar-refractivity contribution in [2.24, 2.45) is 5.92 Å². The second kappa shape index (κ2) is 13.3. The molecule has 0 aliphatic heterocycles. The second-order valence-corrected chi connectivity index (χ2v) is 12.5. The van der Waals surface area contributed by atoms with Crippen molar-refractivity contribution in [2.75, 3.05) is 17.4 Å². The van der Waals surface area contributed by atoms with Gasteiger partial charge >= 0.3 is 0 Å². The zero-order valence-electron chi connectivity index (χ0n) is 22.4. The molecule has 3 aromatic rings. The maximum absolute atomic E-state index is 13.9. The van der Waals surface area contributed by atoms with Gasteiger partial charge in [0, 0.05) is 23.1 Å². The van der Waals surface area contributed by atoms with Crippen molar-refractivity contribution in [3.63, 3.8) is 0 Å². The Morgan fingerprint density at radius 3 is 1.92 bits per heavy atom. The Labute approximate surface area is 240 Å². The molecule has 1 atom stereocenters. The third kappa shape index (κ3) is 8.21. The molecule has 0 aromatic heterocycles. The molecule has 208 valence electrons. The summed E-state index contributed by atoms with van der Waals surface area (Å²) >= 11 is 12.0. The number of nitrogens with one attached hydrogen (secondary N) is 1. The average Bonchev–Trinajstić information content (AvgIpc) is 2.90. The van der Waals surface area contributed by atoms with Gasteiger partial charge in [-0.15, -0.1) is 0 Å². The largest absolute Gasteiger partial charge is 0.354 e. The third-order valence-corrected chi connectivity index (χ3v) is 8.41. The van der Waals surface area contributed by atoms with E-state index >= 15 is 0 Å². The summed E-state index contributed by atoms with van der Waals surface area (Å²) in [6.07, 6.45) is 0. The van der Waals surface area contributed by atoms with Crippen molar-refractivity contribution in [3.8, 4) is 0 Å². The summed E-state index contributed by atoms with van der Waals surface area (Å²) in [5.74, 6) is -0.633. The zero-order chi connectivity index (χ0) is 28.7. The quantitative estimate of drug-likeness (QED) is 0.311. The molecule has 0 aliphatic rings. The predicted molar refractivity (Wildman–Crippen MR) is 156 cm³/mol. The lowest BCUT2D eigenvalue weighted by molar-refractivity contribution is -0.139. The molecule has 0 aliphatic carbocycles. The number of anilines is 1. The van der Waals surface area contributed by atoms with Crippen molar-refractivity contribution in [1.29, 1.82) is 0 Å². The molecule has 0 unspecified atom stereocenters. The third-order valence-electron chi connectivity index (χ3n) is 6.12. The lowest BCUT2D eigenvalue weighted by Gasteiger charge is -2.32. The van der Waals surface area contributed by atoms with Crippen LogP contribution in [0, 0.1) is 12.8 Å². The number of aryl methyl sites for hydroxylation is 1. The lowest BCUT2D eigenvalue weighted by Crippen LogP contribution is -2.51. The molecule has 0 spiro atoms. The Morgan fingerprint density at radius 2 is 1.38 bits per heavy atom. The van der Waals surface area contributed by atoms with Crippen LogP contribution >= 0.6 is 23.2 Å². The highest BCUT2D eigenvalue weighted by molar-refractivity contribution is 7.92. The fourth-order valence-corrected chi connectivity index (χ4v) is 5.46. The topological polar surface area (TPSA) is 86.8 Å². The maximum Gasteiger partial charge on any atom is 0.264 e. The van der Waals surface area contributed by atoms with Gasteiger partial charge in [-0.25, -0.2) is 8.42 Å². The van der Waals surface area contributed by atoms with E-state index in [2.05, 4.69) is 5.32 Å². The van der Waals surface area contributed by atoms with Crippen LogP contribution in [0.3, 0.4) is 0 Å². The van der Waals surface area contributed by atoms with Gasteiger partial charge in [-0.3, -0.25) is 13.9 Å². The first-order valence-electron chi connectivity index (χ1n) is 12.5. The van der Waals surface area contributed by atoms with E-state index in [9.17, 15) is 18.0 Å². The van der Waals surface area contributed by atoms with Crippen molar-refractivity contribution < 1.29 is 18.0 Å². The fraction of sp³-hybridized carbons (Fsp3) is 0.310. The summed E-state index contributed by atoms with van der Waals surface area (Å²) < 4.78 is 28.6. The van der Waals surface area contributed by atoms with Crippen LogP contribution in [0.2, 0.25) is 10.0 Å². The van der Waals surface area contributed by atoms with E-state index in [0.717, 1.165) is 15.4 Å². The molecule has 0 bridgehead atoms. The van der Waals surface area contributed by atoms with Crippen molar-refractivity contribution >= 4 is 50.7 Å². The van der Waals surface area contributed by atoms with Gasteiger partial charge in [-0.2, -0.15) is 0 Å². The minimum Gasteiger partial charge on any atom is -0.354 e. The number of benzene rings is 3. The molecule has 2 amide bonds. The number of carbonyl (C=O) groups is 2.